The van der Waals surface area contributed by atoms with Gasteiger partial charge >= 0.3 is 5.97 Å². The number of aromatic hydroxyl groups is 1. The van der Waals surface area contributed by atoms with Crippen LogP contribution in [-0.2, 0) is 35.2 Å². The van der Waals surface area contributed by atoms with E-state index in [2.05, 4.69) is 10.6 Å². The molecular formula is C23H32N6O8. The van der Waals surface area contributed by atoms with E-state index in [9.17, 15) is 39.0 Å². The third-order valence-corrected chi connectivity index (χ3v) is 5.88. The van der Waals surface area contributed by atoms with Crippen LogP contribution in [0.1, 0.15) is 37.7 Å². The number of benzene rings is 1. The Bertz CT molecular complexity index is 1030. The van der Waals surface area contributed by atoms with Crippen LogP contribution in [0, 0.1) is 0 Å². The van der Waals surface area contributed by atoms with Crippen molar-refractivity contribution in [2.45, 2.75) is 62.7 Å². The molecule has 5 amide bonds. The normalized spacial score (nSPS) is 17.3. The smallest absolute Gasteiger partial charge is 0.326 e. The van der Waals surface area contributed by atoms with E-state index in [1.165, 1.54) is 12.1 Å². The van der Waals surface area contributed by atoms with Crippen LogP contribution < -0.4 is 27.8 Å². The first-order valence-corrected chi connectivity index (χ1v) is 11.6. The third kappa shape index (κ3) is 8.75. The fourth-order valence-electron chi connectivity index (χ4n) is 3.97. The fraction of sp³-hybridized carbons (Fsp3) is 0.478. The zero-order chi connectivity index (χ0) is 27.7. The summed E-state index contributed by atoms with van der Waals surface area (Å²) in [6, 6.07) is 1.09. The molecule has 1 aliphatic rings. The summed E-state index contributed by atoms with van der Waals surface area (Å²) in [5.74, 6) is -5.16. The fourth-order valence-corrected chi connectivity index (χ4v) is 3.97. The highest BCUT2D eigenvalue weighted by atomic mass is 16.4. The number of carboxylic acids is 1. The predicted molar refractivity (Wildman–Crippen MR) is 128 cm³/mol. The van der Waals surface area contributed by atoms with Crippen molar-refractivity contribution in [3.05, 3.63) is 29.8 Å². The largest absolute Gasteiger partial charge is 0.508 e. The van der Waals surface area contributed by atoms with E-state index in [4.69, 9.17) is 17.2 Å². The summed E-state index contributed by atoms with van der Waals surface area (Å²) in [6.07, 6.45) is -0.312. The van der Waals surface area contributed by atoms with Gasteiger partial charge in [0.15, 0.2) is 0 Å². The molecule has 1 saturated heterocycles. The molecule has 1 aromatic carbocycles. The second-order valence-corrected chi connectivity index (χ2v) is 8.80. The summed E-state index contributed by atoms with van der Waals surface area (Å²) < 4.78 is 0. The standard InChI is InChI=1S/C23H32N6O8/c24-14(10-12-3-5-13(30)6-4-12)20(33)28-16(11-19(26)32)22(35)29-9-1-2-17(29)21(34)27-15(23(36)37)7-8-18(25)31/h3-6,14-17,30H,1-2,7-11,24H2,(H2,25,31)(H2,26,32)(H,27,34)(H,28,33)(H,36,37). The second kappa shape index (κ2) is 13.2. The molecule has 4 atom stereocenters. The maximum Gasteiger partial charge on any atom is 0.326 e. The Hall–Kier alpha value is -4.20. The lowest BCUT2D eigenvalue weighted by molar-refractivity contribution is -0.145. The Morgan fingerprint density at radius 3 is 2.22 bits per heavy atom. The lowest BCUT2D eigenvalue weighted by Crippen LogP contribution is -2.57. The minimum Gasteiger partial charge on any atom is -0.508 e. The minimum atomic E-state index is -1.39. The number of amides is 5. The molecule has 14 nitrogen and oxygen atoms in total. The molecule has 10 N–H and O–H groups in total. The molecule has 0 aromatic heterocycles. The highest BCUT2D eigenvalue weighted by molar-refractivity contribution is 5.96. The van der Waals surface area contributed by atoms with Crippen LogP contribution in [0.2, 0.25) is 0 Å². The SMILES string of the molecule is NC(=O)CCC(NC(=O)C1CCCN1C(=O)C(CC(N)=O)NC(=O)C(N)Cc1ccc(O)cc1)C(=O)O. The van der Waals surface area contributed by atoms with E-state index in [-0.39, 0.29) is 38.0 Å². The number of phenolic OH excluding ortho intramolecular Hbond substituents is 1. The van der Waals surface area contributed by atoms with Gasteiger partial charge in [-0.2, -0.15) is 0 Å². The Balaban J connectivity index is 2.10. The molecule has 4 unspecified atom stereocenters. The van der Waals surface area contributed by atoms with Gasteiger partial charge in [0, 0.05) is 13.0 Å². The number of carbonyl (C=O) groups excluding carboxylic acids is 5. The van der Waals surface area contributed by atoms with E-state index in [1.54, 1.807) is 12.1 Å². The molecule has 1 fully saturated rings. The lowest BCUT2D eigenvalue weighted by atomic mass is 10.0. The highest BCUT2D eigenvalue weighted by Crippen LogP contribution is 2.20. The minimum absolute atomic E-state index is 0.0423. The molecule has 202 valence electrons. The summed E-state index contributed by atoms with van der Waals surface area (Å²) in [5.41, 5.74) is 16.9. The first-order valence-electron chi connectivity index (χ1n) is 11.6. The molecule has 1 heterocycles. The van der Waals surface area contributed by atoms with Gasteiger partial charge in [-0.15, -0.1) is 0 Å². The second-order valence-electron chi connectivity index (χ2n) is 8.80. The first kappa shape index (κ1) is 29.0. The predicted octanol–water partition coefficient (Wildman–Crippen LogP) is -2.55. The van der Waals surface area contributed by atoms with E-state index >= 15 is 0 Å². The van der Waals surface area contributed by atoms with Crippen molar-refractivity contribution < 1.29 is 39.0 Å². The number of nitrogens with one attached hydrogen (secondary N) is 2. The van der Waals surface area contributed by atoms with Crippen molar-refractivity contribution in [1.29, 1.82) is 0 Å². The Labute approximate surface area is 212 Å². The zero-order valence-electron chi connectivity index (χ0n) is 20.1. The van der Waals surface area contributed by atoms with Gasteiger partial charge in [-0.05, 0) is 43.4 Å². The number of carbonyl (C=O) groups is 6. The van der Waals surface area contributed by atoms with Crippen molar-refractivity contribution in [1.82, 2.24) is 15.5 Å². The van der Waals surface area contributed by atoms with Gasteiger partial charge in [0.25, 0.3) is 0 Å². The number of nitrogens with zero attached hydrogens (tertiary/aromatic N) is 1. The number of likely N-dealkylation sites (tertiary alicyclic amines) is 1. The molecule has 0 radical (unpaired) electrons. The number of primary amides is 2. The topological polar surface area (TPSA) is 248 Å². The highest BCUT2D eigenvalue weighted by Gasteiger charge is 2.39. The van der Waals surface area contributed by atoms with Crippen LogP contribution in [0.5, 0.6) is 5.75 Å². The lowest BCUT2D eigenvalue weighted by Gasteiger charge is -2.29. The summed E-state index contributed by atoms with van der Waals surface area (Å²) in [5, 5.41) is 23.5. The average Bonchev–Trinajstić information content (AvgIpc) is 3.31. The summed E-state index contributed by atoms with van der Waals surface area (Å²) in [7, 11) is 0. The van der Waals surface area contributed by atoms with Crippen LogP contribution >= 0.6 is 0 Å². The van der Waals surface area contributed by atoms with E-state index in [0.29, 0.717) is 12.0 Å². The summed E-state index contributed by atoms with van der Waals surface area (Å²) in [4.78, 5) is 74.0. The maximum atomic E-state index is 13.3. The van der Waals surface area contributed by atoms with Crippen LogP contribution in [0.4, 0.5) is 0 Å². The van der Waals surface area contributed by atoms with Crippen LogP contribution in [0.15, 0.2) is 24.3 Å². The molecule has 0 aliphatic carbocycles. The molecule has 0 spiro atoms. The molecular weight excluding hydrogens is 488 g/mol. The molecule has 0 saturated carbocycles. The van der Waals surface area contributed by atoms with Crippen molar-refractivity contribution >= 4 is 35.5 Å². The molecule has 0 bridgehead atoms. The molecule has 1 aliphatic heterocycles. The van der Waals surface area contributed by atoms with Gasteiger partial charge < -0.3 is 42.9 Å². The monoisotopic (exact) mass is 520 g/mol. The number of hydrogen-bond acceptors (Lipinski definition) is 8. The number of hydrogen-bond donors (Lipinski definition) is 7. The number of nitrogens with two attached hydrogens (primary N) is 3. The van der Waals surface area contributed by atoms with Gasteiger partial charge in [-0.25, -0.2) is 4.79 Å². The number of aliphatic carboxylic acids is 1. The van der Waals surface area contributed by atoms with Crippen LogP contribution in [0.25, 0.3) is 0 Å². The first-order chi connectivity index (χ1) is 17.4. The Morgan fingerprint density at radius 1 is 1.00 bits per heavy atom. The number of rotatable bonds is 13. The van der Waals surface area contributed by atoms with Crippen molar-refractivity contribution in [3.8, 4) is 5.75 Å². The van der Waals surface area contributed by atoms with Gasteiger partial charge in [-0.3, -0.25) is 24.0 Å². The average molecular weight is 521 g/mol. The van der Waals surface area contributed by atoms with Gasteiger partial charge in [-0.1, -0.05) is 12.1 Å². The Morgan fingerprint density at radius 2 is 1.65 bits per heavy atom. The molecule has 37 heavy (non-hydrogen) atoms. The summed E-state index contributed by atoms with van der Waals surface area (Å²) >= 11 is 0. The van der Waals surface area contributed by atoms with Gasteiger partial charge in [0.2, 0.25) is 29.5 Å². The molecule has 14 heteroatoms. The van der Waals surface area contributed by atoms with Gasteiger partial charge in [0.05, 0.1) is 12.5 Å². The number of phenols is 1. The van der Waals surface area contributed by atoms with E-state index in [0.717, 1.165) is 4.90 Å². The maximum absolute atomic E-state index is 13.3. The van der Waals surface area contributed by atoms with Gasteiger partial charge in [0.1, 0.15) is 23.9 Å². The van der Waals surface area contributed by atoms with Crippen molar-refractivity contribution in [2.75, 3.05) is 6.54 Å². The van der Waals surface area contributed by atoms with Crippen LogP contribution in [-0.4, -0.2) is 81.3 Å². The quantitative estimate of drug-likeness (QED) is 0.144. The number of carboxylic acid groups (broad SMARTS) is 1. The molecule has 2 rings (SSSR count). The van der Waals surface area contributed by atoms with Crippen molar-refractivity contribution in [3.63, 3.8) is 0 Å². The van der Waals surface area contributed by atoms with Crippen molar-refractivity contribution in [2.24, 2.45) is 17.2 Å². The zero-order valence-corrected chi connectivity index (χ0v) is 20.1. The van der Waals surface area contributed by atoms with Crippen LogP contribution in [0.3, 0.4) is 0 Å². The van der Waals surface area contributed by atoms with E-state index < -0.39 is 66.1 Å². The van der Waals surface area contributed by atoms with E-state index in [1.807, 2.05) is 0 Å². The Kier molecular flexibility index (Phi) is 10.4. The third-order valence-electron chi connectivity index (χ3n) is 5.88. The molecule has 1 aromatic rings. The summed E-state index contributed by atoms with van der Waals surface area (Å²) in [6.45, 7) is 0.126.